The maximum atomic E-state index is 11.7. The van der Waals surface area contributed by atoms with Crippen molar-refractivity contribution >= 4 is 35.8 Å². The van der Waals surface area contributed by atoms with Gasteiger partial charge in [-0.25, -0.2) is 14.3 Å². The zero-order chi connectivity index (χ0) is 47.6. The third-order valence-corrected chi connectivity index (χ3v) is 11.3. The minimum Gasteiger partial charge on any atom is -0.480 e. The highest BCUT2D eigenvalue weighted by atomic mass is 16.4. The SMILES string of the molecule is O=C(O)CN1CCN(CC(=O)O)CCN(Cc2ccn(-c3cccc(-n4ccc(CN5CCN(CC(=O)O)CCN(CC(=O)O)CCN(CC(=O)O)CC5)n4)n3)n2)CCN(CC(=O)O)CC1. The number of hydrogen-bond acceptors (Lipinski definition) is 17. The van der Waals surface area contributed by atoms with Crippen molar-refractivity contribution in [1.82, 2.24) is 63.7 Å². The molecule has 362 valence electrons. The Morgan fingerprint density at radius 1 is 0.364 bits per heavy atom. The monoisotopic (exact) mass is 927 g/mol. The second kappa shape index (κ2) is 25.7. The maximum absolute atomic E-state index is 11.7. The van der Waals surface area contributed by atoms with Gasteiger partial charge in [0, 0.05) is 130 Å². The smallest absolute Gasteiger partial charge is 0.317 e. The minimum absolute atomic E-state index is 0.217. The number of carbonyl (C=O) groups is 6. The van der Waals surface area contributed by atoms with E-state index >= 15 is 0 Å². The summed E-state index contributed by atoms with van der Waals surface area (Å²) in [4.78, 5) is 89.4. The van der Waals surface area contributed by atoms with Crippen LogP contribution in [0.1, 0.15) is 11.4 Å². The van der Waals surface area contributed by atoms with Crippen molar-refractivity contribution in [2.45, 2.75) is 13.1 Å². The Hall–Kier alpha value is -5.93. The molecule has 5 rings (SSSR count). The Morgan fingerprint density at radius 2 is 0.591 bits per heavy atom. The van der Waals surface area contributed by atoms with Crippen LogP contribution >= 0.6 is 0 Å². The van der Waals surface area contributed by atoms with Crippen LogP contribution in [0.3, 0.4) is 0 Å². The standard InChI is InChI=1S/C41H61N13O12/c55-36(56)26-47-12-8-45(9-13-48(27-37(57)58)17-21-51(20-16-47)30-40(63)64)24-32-4-6-53(43-32)34-2-1-3-35(42-34)54-7-5-33(44-54)25-46-10-14-49(28-38(59)60)18-22-52(31-41(65)66)23-19-50(15-11-46)29-39(61)62/h1-7H,8-31H2,(H,55,56)(H,57,58)(H,59,60)(H,61,62)(H,63,64)(H,65,66). The number of hydrogen-bond donors (Lipinski definition) is 6. The van der Waals surface area contributed by atoms with Crippen molar-refractivity contribution in [2.75, 3.05) is 144 Å². The Balaban J connectivity index is 1.27. The Morgan fingerprint density at radius 3 is 0.818 bits per heavy atom. The van der Waals surface area contributed by atoms with Gasteiger partial charge in [0.1, 0.15) is 0 Å². The van der Waals surface area contributed by atoms with Crippen molar-refractivity contribution in [1.29, 1.82) is 0 Å². The molecule has 0 aromatic carbocycles. The molecule has 0 spiro atoms. The summed E-state index contributed by atoms with van der Waals surface area (Å²) < 4.78 is 3.26. The molecular weight excluding hydrogens is 867 g/mol. The lowest BCUT2D eigenvalue weighted by Crippen LogP contribution is -2.48. The first kappa shape index (κ1) is 51.1. The van der Waals surface area contributed by atoms with Crippen molar-refractivity contribution < 1.29 is 59.4 Å². The Bertz CT molecular complexity index is 1880. The molecule has 3 aromatic heterocycles. The van der Waals surface area contributed by atoms with E-state index in [1.807, 2.05) is 18.2 Å². The summed E-state index contributed by atoms with van der Waals surface area (Å²) in [7, 11) is 0. The zero-order valence-electron chi connectivity index (χ0n) is 37.0. The first-order valence-corrected chi connectivity index (χ1v) is 21.7. The van der Waals surface area contributed by atoms with Crippen LogP contribution in [0.15, 0.2) is 42.7 Å². The third-order valence-electron chi connectivity index (χ3n) is 11.3. The molecule has 0 bridgehead atoms. The maximum Gasteiger partial charge on any atom is 0.317 e. The number of pyridine rings is 1. The summed E-state index contributed by atoms with van der Waals surface area (Å²) in [6.07, 6.45) is 3.55. The molecule has 25 heteroatoms. The normalized spacial score (nSPS) is 18.7. The average Bonchev–Trinajstić information content (AvgIpc) is 3.92. The highest BCUT2D eigenvalue weighted by Crippen LogP contribution is 2.14. The quantitative estimate of drug-likeness (QED) is 0.0763. The third kappa shape index (κ3) is 18.2. The number of carboxylic acid groups (broad SMARTS) is 6. The Kier molecular flexibility index (Phi) is 19.9. The summed E-state index contributed by atoms with van der Waals surface area (Å²) >= 11 is 0. The van der Waals surface area contributed by atoms with Gasteiger partial charge in [-0.2, -0.15) is 10.2 Å². The molecule has 0 aliphatic carbocycles. The van der Waals surface area contributed by atoms with Gasteiger partial charge in [-0.05, 0) is 24.3 Å². The van der Waals surface area contributed by atoms with Crippen LogP contribution in [0.25, 0.3) is 11.6 Å². The number of carboxylic acids is 6. The van der Waals surface area contributed by atoms with E-state index in [0.29, 0.717) is 141 Å². The van der Waals surface area contributed by atoms with Crippen LogP contribution in [0.2, 0.25) is 0 Å². The molecule has 0 atom stereocenters. The molecular formula is C41H61N13O12. The van der Waals surface area contributed by atoms with Gasteiger partial charge >= 0.3 is 35.8 Å². The number of rotatable bonds is 18. The van der Waals surface area contributed by atoms with Crippen LogP contribution in [0, 0.1) is 0 Å². The summed E-state index contributed by atoms with van der Waals surface area (Å²) in [5, 5.41) is 66.8. The van der Waals surface area contributed by atoms with Crippen molar-refractivity contribution in [3.63, 3.8) is 0 Å². The molecule has 2 aliphatic rings. The molecule has 6 N–H and O–H groups in total. The fourth-order valence-corrected chi connectivity index (χ4v) is 7.84. The van der Waals surface area contributed by atoms with Gasteiger partial charge in [-0.3, -0.25) is 68.0 Å². The number of aliphatic carboxylic acids is 6. The van der Waals surface area contributed by atoms with Gasteiger partial charge < -0.3 is 30.6 Å². The number of nitrogens with zero attached hydrogens (tertiary/aromatic N) is 13. The molecule has 2 aliphatic heterocycles. The lowest BCUT2D eigenvalue weighted by Gasteiger charge is -2.32. The second-order valence-electron chi connectivity index (χ2n) is 16.4. The molecule has 25 nitrogen and oxygen atoms in total. The minimum atomic E-state index is -1.02. The fraction of sp³-hybridized carbons (Fsp3) is 0.585. The van der Waals surface area contributed by atoms with Crippen molar-refractivity contribution in [3.8, 4) is 11.6 Å². The molecule has 2 saturated heterocycles. The predicted octanol–water partition coefficient (Wildman–Crippen LogP) is -2.60. The van der Waals surface area contributed by atoms with Crippen LogP contribution in [-0.4, -0.2) is 274 Å². The summed E-state index contributed by atoms with van der Waals surface area (Å²) in [5.74, 6) is -5.01. The van der Waals surface area contributed by atoms with Crippen molar-refractivity contribution in [3.05, 3.63) is 54.1 Å². The number of aromatic nitrogens is 5. The van der Waals surface area contributed by atoms with Crippen LogP contribution in [0.5, 0.6) is 0 Å². The molecule has 0 saturated carbocycles. The molecule has 0 unspecified atom stereocenters. The summed E-state index contributed by atoms with van der Waals surface area (Å²) in [6.45, 7) is 5.18. The lowest BCUT2D eigenvalue weighted by atomic mass is 10.3. The van der Waals surface area contributed by atoms with Gasteiger partial charge in [0.25, 0.3) is 0 Å². The molecule has 66 heavy (non-hydrogen) atoms. The summed E-state index contributed by atoms with van der Waals surface area (Å²) in [5.41, 5.74) is 1.40. The fourth-order valence-electron chi connectivity index (χ4n) is 7.84. The van der Waals surface area contributed by atoms with E-state index in [0.717, 1.165) is 0 Å². The Labute approximate surface area is 381 Å². The lowest BCUT2D eigenvalue weighted by molar-refractivity contribution is -0.140. The molecule has 3 aromatic rings. The summed E-state index contributed by atoms with van der Waals surface area (Å²) in [6, 6.07) is 9.12. The van der Waals surface area contributed by atoms with E-state index in [-0.39, 0.29) is 39.3 Å². The van der Waals surface area contributed by atoms with Gasteiger partial charge in [0.15, 0.2) is 11.6 Å². The highest BCUT2D eigenvalue weighted by molar-refractivity contribution is 5.71. The first-order chi connectivity index (χ1) is 31.6. The van der Waals surface area contributed by atoms with Crippen LogP contribution in [0.4, 0.5) is 0 Å². The van der Waals surface area contributed by atoms with Gasteiger partial charge in [-0.15, -0.1) is 0 Å². The molecule has 0 radical (unpaired) electrons. The first-order valence-electron chi connectivity index (χ1n) is 21.7. The van der Waals surface area contributed by atoms with Crippen LogP contribution < -0.4 is 0 Å². The zero-order valence-corrected chi connectivity index (χ0v) is 37.0. The van der Waals surface area contributed by atoms with Gasteiger partial charge in [-0.1, -0.05) is 6.07 Å². The van der Waals surface area contributed by atoms with E-state index in [2.05, 4.69) is 9.80 Å². The van der Waals surface area contributed by atoms with E-state index in [9.17, 15) is 59.4 Å². The van der Waals surface area contributed by atoms with Gasteiger partial charge in [0.2, 0.25) is 0 Å². The predicted molar refractivity (Wildman–Crippen MR) is 233 cm³/mol. The molecule has 2 fully saturated rings. The van der Waals surface area contributed by atoms with E-state index < -0.39 is 35.8 Å². The average molecular weight is 928 g/mol. The van der Waals surface area contributed by atoms with Crippen molar-refractivity contribution in [2.24, 2.45) is 0 Å². The van der Waals surface area contributed by atoms with E-state index in [1.165, 1.54) is 0 Å². The van der Waals surface area contributed by atoms with E-state index in [4.69, 9.17) is 15.2 Å². The largest absolute Gasteiger partial charge is 0.480 e. The second-order valence-corrected chi connectivity index (χ2v) is 16.4. The van der Waals surface area contributed by atoms with E-state index in [1.54, 1.807) is 63.3 Å². The van der Waals surface area contributed by atoms with Crippen LogP contribution in [-0.2, 0) is 41.9 Å². The molecule has 5 heterocycles. The molecule has 0 amide bonds. The highest BCUT2D eigenvalue weighted by Gasteiger charge is 2.23. The van der Waals surface area contributed by atoms with Gasteiger partial charge in [0.05, 0.1) is 50.7 Å². The topological polar surface area (TPSA) is 298 Å².